The maximum Gasteiger partial charge on any atom is 0.411 e. The van der Waals surface area contributed by atoms with Crippen LogP contribution < -0.4 is 10.6 Å². The van der Waals surface area contributed by atoms with Crippen molar-refractivity contribution < 1.29 is 27.5 Å². The van der Waals surface area contributed by atoms with Crippen LogP contribution in [-0.2, 0) is 14.3 Å². The predicted molar refractivity (Wildman–Crippen MR) is 87.6 cm³/mol. The van der Waals surface area contributed by atoms with Crippen LogP contribution in [0.3, 0.4) is 0 Å². The summed E-state index contributed by atoms with van der Waals surface area (Å²) in [6.07, 6.45) is -1.50. The van der Waals surface area contributed by atoms with Crippen LogP contribution in [0.2, 0.25) is 0 Å². The molecule has 138 valence electrons. The predicted octanol–water partition coefficient (Wildman–Crippen LogP) is 2.29. The number of halogens is 3. The molecule has 0 saturated carbocycles. The van der Waals surface area contributed by atoms with Crippen LogP contribution in [-0.4, -0.2) is 43.3 Å². The van der Waals surface area contributed by atoms with Gasteiger partial charge in [-0.25, -0.2) is 0 Å². The number of nitrogens with one attached hydrogen (secondary N) is 2. The summed E-state index contributed by atoms with van der Waals surface area (Å²) in [5, 5.41) is 4.95. The maximum atomic E-state index is 12.0. The molecule has 0 aliphatic rings. The molecule has 5 nitrogen and oxygen atoms in total. The van der Waals surface area contributed by atoms with E-state index < -0.39 is 36.7 Å². The fourth-order valence-corrected chi connectivity index (χ4v) is 1.82. The van der Waals surface area contributed by atoms with Gasteiger partial charge in [0, 0.05) is 12.1 Å². The van der Waals surface area contributed by atoms with Crippen LogP contribution >= 0.6 is 0 Å². The van der Waals surface area contributed by atoms with Gasteiger partial charge in [-0.1, -0.05) is 30.3 Å². The third kappa shape index (κ3) is 9.51. The molecule has 1 rings (SSSR count). The van der Waals surface area contributed by atoms with Gasteiger partial charge in [-0.15, -0.1) is 0 Å². The Morgan fingerprint density at radius 2 is 1.80 bits per heavy atom. The maximum absolute atomic E-state index is 12.0. The van der Waals surface area contributed by atoms with Gasteiger partial charge in [0.1, 0.15) is 12.6 Å². The molecule has 0 bridgehead atoms. The average Bonchev–Trinajstić information content (AvgIpc) is 2.52. The van der Waals surface area contributed by atoms with Crippen molar-refractivity contribution in [1.82, 2.24) is 10.6 Å². The van der Waals surface area contributed by atoms with E-state index in [1.54, 1.807) is 6.08 Å². The molecule has 0 aliphatic carbocycles. The first-order chi connectivity index (χ1) is 11.7. The highest BCUT2D eigenvalue weighted by atomic mass is 19.4. The fourth-order valence-electron chi connectivity index (χ4n) is 1.82. The van der Waals surface area contributed by atoms with Crippen molar-refractivity contribution in [1.29, 1.82) is 0 Å². The average molecular weight is 358 g/mol. The molecule has 2 atom stereocenters. The first-order valence-electron chi connectivity index (χ1n) is 7.66. The quantitative estimate of drug-likeness (QED) is 0.701. The molecule has 2 amide bonds. The minimum atomic E-state index is -4.41. The standard InChI is InChI=1S/C17H21F3N2O3/c1-12(10-25-11-17(18,19)20)21-16(24)13(2)22-15(23)9-8-14-6-4-3-5-7-14/h3-9,12-13H,10-11H2,1-2H3,(H,21,24)(H,22,23)/b9-8+. The summed E-state index contributed by atoms with van der Waals surface area (Å²) >= 11 is 0. The second-order valence-corrected chi connectivity index (χ2v) is 5.51. The molecule has 1 aromatic rings. The van der Waals surface area contributed by atoms with Crippen LogP contribution in [0.15, 0.2) is 36.4 Å². The summed E-state index contributed by atoms with van der Waals surface area (Å²) in [5.41, 5.74) is 0.838. The van der Waals surface area contributed by atoms with Gasteiger partial charge in [0.25, 0.3) is 0 Å². The Morgan fingerprint density at radius 3 is 2.40 bits per heavy atom. The highest BCUT2D eigenvalue weighted by Crippen LogP contribution is 2.14. The van der Waals surface area contributed by atoms with E-state index in [1.807, 2.05) is 30.3 Å². The smallest absolute Gasteiger partial charge is 0.370 e. The highest BCUT2D eigenvalue weighted by Gasteiger charge is 2.27. The lowest BCUT2D eigenvalue weighted by molar-refractivity contribution is -0.175. The number of hydrogen-bond donors (Lipinski definition) is 2. The Labute approximate surface area is 144 Å². The van der Waals surface area contributed by atoms with Gasteiger partial charge < -0.3 is 15.4 Å². The Bertz CT molecular complexity index is 589. The zero-order chi connectivity index (χ0) is 18.9. The van der Waals surface area contributed by atoms with E-state index in [0.29, 0.717) is 0 Å². The van der Waals surface area contributed by atoms with Crippen molar-refractivity contribution in [2.24, 2.45) is 0 Å². The zero-order valence-electron chi connectivity index (χ0n) is 14.0. The van der Waals surface area contributed by atoms with Gasteiger partial charge in [-0.2, -0.15) is 13.2 Å². The lowest BCUT2D eigenvalue weighted by atomic mass is 10.2. The summed E-state index contributed by atoms with van der Waals surface area (Å²) in [4.78, 5) is 23.7. The number of rotatable bonds is 8. The van der Waals surface area contributed by atoms with Crippen molar-refractivity contribution in [3.05, 3.63) is 42.0 Å². The molecule has 8 heteroatoms. The summed E-state index contributed by atoms with van der Waals surface area (Å²) in [7, 11) is 0. The normalized spacial score (nSPS) is 14.1. The van der Waals surface area contributed by atoms with E-state index in [0.717, 1.165) is 5.56 Å². The minimum absolute atomic E-state index is 0.278. The Hall–Kier alpha value is -2.35. The van der Waals surface area contributed by atoms with E-state index >= 15 is 0 Å². The molecule has 1 aromatic carbocycles. The molecule has 25 heavy (non-hydrogen) atoms. The third-order valence-electron chi connectivity index (χ3n) is 3.00. The number of carbonyl (C=O) groups excluding carboxylic acids is 2. The van der Waals surface area contributed by atoms with E-state index in [-0.39, 0.29) is 6.61 Å². The molecule has 0 heterocycles. The number of amides is 2. The molecule has 0 aliphatic heterocycles. The Morgan fingerprint density at radius 1 is 1.16 bits per heavy atom. The SMILES string of the molecule is CC(COCC(F)(F)F)NC(=O)C(C)NC(=O)/C=C/c1ccccc1. The molecule has 2 unspecified atom stereocenters. The Kier molecular flexibility index (Phi) is 8.13. The van der Waals surface area contributed by atoms with E-state index in [9.17, 15) is 22.8 Å². The topological polar surface area (TPSA) is 67.4 Å². The van der Waals surface area contributed by atoms with Crippen molar-refractivity contribution in [2.45, 2.75) is 32.1 Å². The second kappa shape index (κ2) is 9.83. The molecule has 0 spiro atoms. The van der Waals surface area contributed by atoms with Crippen LogP contribution in [0, 0.1) is 0 Å². The van der Waals surface area contributed by atoms with Gasteiger partial charge in [0.2, 0.25) is 11.8 Å². The summed E-state index contributed by atoms with van der Waals surface area (Å²) in [5.74, 6) is -0.961. The molecular formula is C17H21F3N2O3. The van der Waals surface area contributed by atoms with E-state index in [1.165, 1.54) is 19.9 Å². The Balaban J connectivity index is 2.35. The number of alkyl halides is 3. The summed E-state index contributed by atoms with van der Waals surface area (Å²) < 4.78 is 40.4. The first kappa shape index (κ1) is 20.7. The molecular weight excluding hydrogens is 337 g/mol. The van der Waals surface area contributed by atoms with Crippen molar-refractivity contribution in [3.63, 3.8) is 0 Å². The van der Waals surface area contributed by atoms with Crippen molar-refractivity contribution >= 4 is 17.9 Å². The van der Waals surface area contributed by atoms with Gasteiger partial charge in [-0.05, 0) is 25.5 Å². The van der Waals surface area contributed by atoms with Crippen LogP contribution in [0.4, 0.5) is 13.2 Å². The summed E-state index contributed by atoms with van der Waals surface area (Å²) in [6.45, 7) is 1.34. The number of ether oxygens (including phenoxy) is 1. The number of benzene rings is 1. The fraction of sp³-hybridized carbons (Fsp3) is 0.412. The zero-order valence-corrected chi connectivity index (χ0v) is 14.0. The van der Waals surface area contributed by atoms with Crippen LogP contribution in [0.1, 0.15) is 19.4 Å². The van der Waals surface area contributed by atoms with Gasteiger partial charge in [-0.3, -0.25) is 9.59 Å². The minimum Gasteiger partial charge on any atom is -0.370 e. The van der Waals surface area contributed by atoms with E-state index in [4.69, 9.17) is 0 Å². The monoisotopic (exact) mass is 358 g/mol. The number of hydrogen-bond acceptors (Lipinski definition) is 3. The molecule has 0 radical (unpaired) electrons. The molecule has 0 aromatic heterocycles. The lowest BCUT2D eigenvalue weighted by Gasteiger charge is -2.18. The highest BCUT2D eigenvalue weighted by molar-refractivity contribution is 5.95. The largest absolute Gasteiger partial charge is 0.411 e. The molecule has 0 saturated heterocycles. The summed E-state index contributed by atoms with van der Waals surface area (Å²) in [6, 6.07) is 7.70. The van der Waals surface area contributed by atoms with E-state index in [2.05, 4.69) is 15.4 Å². The lowest BCUT2D eigenvalue weighted by Crippen LogP contribution is -2.48. The van der Waals surface area contributed by atoms with Gasteiger partial charge >= 0.3 is 6.18 Å². The van der Waals surface area contributed by atoms with Crippen LogP contribution in [0.25, 0.3) is 6.08 Å². The number of carbonyl (C=O) groups is 2. The molecule has 2 N–H and O–H groups in total. The third-order valence-corrected chi connectivity index (χ3v) is 3.00. The first-order valence-corrected chi connectivity index (χ1v) is 7.66. The van der Waals surface area contributed by atoms with Gasteiger partial charge in [0.05, 0.1) is 6.61 Å². The van der Waals surface area contributed by atoms with Crippen molar-refractivity contribution in [2.75, 3.05) is 13.2 Å². The van der Waals surface area contributed by atoms with Crippen LogP contribution in [0.5, 0.6) is 0 Å². The second-order valence-electron chi connectivity index (χ2n) is 5.51. The van der Waals surface area contributed by atoms with Gasteiger partial charge in [0.15, 0.2) is 0 Å². The molecule has 0 fully saturated rings. The van der Waals surface area contributed by atoms with Crippen molar-refractivity contribution in [3.8, 4) is 0 Å².